The number of hydrogen-bond donors (Lipinski definition) is 1. The third-order valence-electron chi connectivity index (χ3n) is 5.18. The van der Waals surface area contributed by atoms with E-state index in [0.29, 0.717) is 12.5 Å². The molecule has 1 aromatic carbocycles. The Morgan fingerprint density at radius 2 is 2.04 bits per heavy atom. The minimum absolute atomic E-state index is 0.108. The van der Waals surface area contributed by atoms with Crippen LogP contribution in [0.5, 0.6) is 0 Å². The summed E-state index contributed by atoms with van der Waals surface area (Å²) < 4.78 is 6.07. The molecule has 2 aliphatic heterocycles. The van der Waals surface area contributed by atoms with Crippen LogP contribution < -0.4 is 5.32 Å². The van der Waals surface area contributed by atoms with Gasteiger partial charge in [0, 0.05) is 51.7 Å². The van der Waals surface area contributed by atoms with Crippen molar-refractivity contribution in [2.24, 2.45) is 0 Å². The minimum Gasteiger partial charge on any atom is -0.371 e. The summed E-state index contributed by atoms with van der Waals surface area (Å²) in [7, 11) is 0. The molecule has 0 saturated carbocycles. The molecular weight excluding hydrogens is 302 g/mol. The van der Waals surface area contributed by atoms with Crippen LogP contribution in [0.3, 0.4) is 0 Å². The lowest BCUT2D eigenvalue weighted by Crippen LogP contribution is -2.49. The van der Waals surface area contributed by atoms with Crippen LogP contribution in [0.25, 0.3) is 0 Å². The topological polar surface area (TPSA) is 44.8 Å². The Labute approximate surface area is 145 Å². The standard InChI is InChI=1S/C19H29N3O2/c1-15-5-3-4-6-17(15)18-13-22(16(2)14-24-18)10-7-19(23)21-11-8-20-9-12-21/h3-6,16,18,20H,7-14H2,1-2H3. The Morgan fingerprint density at radius 3 is 2.79 bits per heavy atom. The molecule has 0 bridgehead atoms. The van der Waals surface area contributed by atoms with E-state index in [2.05, 4.69) is 48.3 Å². The lowest BCUT2D eigenvalue weighted by molar-refractivity contribution is -0.133. The van der Waals surface area contributed by atoms with Crippen LogP contribution in [0, 0.1) is 6.92 Å². The number of ether oxygens (including phenoxy) is 1. The number of aryl methyl sites for hydroxylation is 1. The summed E-state index contributed by atoms with van der Waals surface area (Å²) >= 11 is 0. The van der Waals surface area contributed by atoms with Crippen molar-refractivity contribution in [2.45, 2.75) is 32.4 Å². The number of hydrogen-bond acceptors (Lipinski definition) is 4. The molecule has 2 saturated heterocycles. The first-order valence-corrected chi connectivity index (χ1v) is 9.05. The van der Waals surface area contributed by atoms with Crippen LogP contribution in [0.2, 0.25) is 0 Å². The molecule has 0 aliphatic carbocycles. The van der Waals surface area contributed by atoms with Gasteiger partial charge in [-0.1, -0.05) is 24.3 Å². The average Bonchev–Trinajstić information content (AvgIpc) is 2.62. The maximum Gasteiger partial charge on any atom is 0.223 e. The van der Waals surface area contributed by atoms with Gasteiger partial charge in [-0.05, 0) is 25.0 Å². The van der Waals surface area contributed by atoms with Gasteiger partial charge in [0.25, 0.3) is 0 Å². The summed E-state index contributed by atoms with van der Waals surface area (Å²) in [5.41, 5.74) is 2.54. The van der Waals surface area contributed by atoms with Gasteiger partial charge in [0.1, 0.15) is 0 Å². The second-order valence-corrected chi connectivity index (χ2v) is 6.90. The molecule has 2 aliphatic rings. The first kappa shape index (κ1) is 17.4. The second-order valence-electron chi connectivity index (χ2n) is 6.90. The molecule has 3 rings (SSSR count). The monoisotopic (exact) mass is 331 g/mol. The lowest BCUT2D eigenvalue weighted by Gasteiger charge is -2.39. The molecule has 0 aromatic heterocycles. The lowest BCUT2D eigenvalue weighted by atomic mass is 10.0. The van der Waals surface area contributed by atoms with Crippen LogP contribution in [0.15, 0.2) is 24.3 Å². The van der Waals surface area contributed by atoms with Crippen molar-refractivity contribution in [1.82, 2.24) is 15.1 Å². The molecule has 0 spiro atoms. The summed E-state index contributed by atoms with van der Waals surface area (Å²) in [4.78, 5) is 16.8. The van der Waals surface area contributed by atoms with Gasteiger partial charge >= 0.3 is 0 Å². The van der Waals surface area contributed by atoms with E-state index >= 15 is 0 Å². The van der Waals surface area contributed by atoms with Crippen molar-refractivity contribution in [3.8, 4) is 0 Å². The zero-order valence-electron chi connectivity index (χ0n) is 14.8. The predicted octanol–water partition coefficient (Wildman–Crippen LogP) is 1.58. The van der Waals surface area contributed by atoms with Crippen molar-refractivity contribution in [3.63, 3.8) is 0 Å². The highest BCUT2D eigenvalue weighted by Crippen LogP contribution is 2.27. The number of carbonyl (C=O) groups excluding carboxylic acids is 1. The largest absolute Gasteiger partial charge is 0.371 e. The van der Waals surface area contributed by atoms with Gasteiger partial charge in [-0.15, -0.1) is 0 Å². The molecule has 2 heterocycles. The molecular formula is C19H29N3O2. The maximum absolute atomic E-state index is 12.4. The van der Waals surface area contributed by atoms with Gasteiger partial charge in [0.15, 0.2) is 0 Å². The fourth-order valence-electron chi connectivity index (χ4n) is 3.57. The van der Waals surface area contributed by atoms with E-state index in [9.17, 15) is 4.79 Å². The van der Waals surface area contributed by atoms with Gasteiger partial charge in [-0.25, -0.2) is 0 Å². The highest BCUT2D eigenvalue weighted by Gasteiger charge is 2.28. The molecule has 1 amide bonds. The third-order valence-corrected chi connectivity index (χ3v) is 5.18. The van der Waals surface area contributed by atoms with Crippen molar-refractivity contribution in [3.05, 3.63) is 35.4 Å². The van der Waals surface area contributed by atoms with Gasteiger partial charge < -0.3 is 15.0 Å². The molecule has 1 N–H and O–H groups in total. The Morgan fingerprint density at radius 1 is 1.29 bits per heavy atom. The summed E-state index contributed by atoms with van der Waals surface area (Å²) in [6.45, 7) is 10.2. The summed E-state index contributed by atoms with van der Waals surface area (Å²) in [6, 6.07) is 8.78. The van der Waals surface area contributed by atoms with E-state index in [1.807, 2.05) is 4.90 Å². The van der Waals surface area contributed by atoms with Crippen molar-refractivity contribution < 1.29 is 9.53 Å². The van der Waals surface area contributed by atoms with E-state index in [0.717, 1.165) is 45.9 Å². The molecule has 24 heavy (non-hydrogen) atoms. The van der Waals surface area contributed by atoms with Crippen LogP contribution in [0.4, 0.5) is 0 Å². The number of amides is 1. The Hall–Kier alpha value is -1.43. The van der Waals surface area contributed by atoms with Gasteiger partial charge in [-0.3, -0.25) is 9.69 Å². The highest BCUT2D eigenvalue weighted by molar-refractivity contribution is 5.76. The van der Waals surface area contributed by atoms with E-state index in [1.165, 1.54) is 11.1 Å². The zero-order valence-corrected chi connectivity index (χ0v) is 14.8. The normalized spacial score (nSPS) is 25.7. The zero-order chi connectivity index (χ0) is 16.9. The van der Waals surface area contributed by atoms with Crippen LogP contribution in [-0.4, -0.2) is 67.6 Å². The van der Waals surface area contributed by atoms with Crippen LogP contribution >= 0.6 is 0 Å². The molecule has 2 fully saturated rings. The van der Waals surface area contributed by atoms with Crippen LogP contribution in [-0.2, 0) is 9.53 Å². The molecule has 5 heteroatoms. The number of rotatable bonds is 4. The Kier molecular flexibility index (Phi) is 5.87. The number of nitrogens with one attached hydrogen (secondary N) is 1. The minimum atomic E-state index is 0.108. The summed E-state index contributed by atoms with van der Waals surface area (Å²) in [5.74, 6) is 0.280. The average molecular weight is 331 g/mol. The fourth-order valence-corrected chi connectivity index (χ4v) is 3.57. The maximum atomic E-state index is 12.4. The second kappa shape index (κ2) is 8.10. The fraction of sp³-hybridized carbons (Fsp3) is 0.632. The summed E-state index contributed by atoms with van der Waals surface area (Å²) in [6.07, 6.45) is 0.710. The predicted molar refractivity (Wildman–Crippen MR) is 95.0 cm³/mol. The molecule has 2 atom stereocenters. The molecule has 0 radical (unpaired) electrons. The Bertz CT molecular complexity index is 557. The van der Waals surface area contributed by atoms with E-state index in [1.54, 1.807) is 0 Å². The quantitative estimate of drug-likeness (QED) is 0.910. The van der Waals surface area contributed by atoms with Gasteiger partial charge in [-0.2, -0.15) is 0 Å². The van der Waals surface area contributed by atoms with Crippen molar-refractivity contribution >= 4 is 5.91 Å². The van der Waals surface area contributed by atoms with E-state index in [-0.39, 0.29) is 12.0 Å². The number of morpholine rings is 1. The first-order valence-electron chi connectivity index (χ1n) is 9.05. The number of carbonyl (C=O) groups is 1. The number of nitrogens with zero attached hydrogens (tertiary/aromatic N) is 2. The smallest absolute Gasteiger partial charge is 0.223 e. The van der Waals surface area contributed by atoms with E-state index in [4.69, 9.17) is 4.74 Å². The number of piperazine rings is 1. The molecule has 1 aromatic rings. The molecule has 5 nitrogen and oxygen atoms in total. The number of benzene rings is 1. The SMILES string of the molecule is Cc1ccccc1C1CN(CCC(=O)N2CCNCC2)C(C)CO1. The first-order chi connectivity index (χ1) is 11.6. The Balaban J connectivity index is 1.56. The summed E-state index contributed by atoms with van der Waals surface area (Å²) in [5, 5.41) is 3.29. The molecule has 132 valence electrons. The third kappa shape index (κ3) is 4.15. The van der Waals surface area contributed by atoms with Crippen LogP contribution in [0.1, 0.15) is 30.6 Å². The highest BCUT2D eigenvalue weighted by atomic mass is 16.5. The van der Waals surface area contributed by atoms with Gasteiger partial charge in [0.2, 0.25) is 5.91 Å². The van der Waals surface area contributed by atoms with Gasteiger partial charge in [0.05, 0.1) is 12.7 Å². The van der Waals surface area contributed by atoms with Crippen molar-refractivity contribution in [1.29, 1.82) is 0 Å². The molecule has 2 unspecified atom stereocenters. The van der Waals surface area contributed by atoms with E-state index < -0.39 is 0 Å². The van der Waals surface area contributed by atoms with Crippen molar-refractivity contribution in [2.75, 3.05) is 45.9 Å².